The number of aromatic nitrogens is 3. The van der Waals surface area contributed by atoms with Crippen LogP contribution in [0, 0.1) is 5.82 Å². The summed E-state index contributed by atoms with van der Waals surface area (Å²) in [6, 6.07) is 7.28. The number of hydrogen-bond acceptors (Lipinski definition) is 4. The van der Waals surface area contributed by atoms with E-state index >= 15 is 0 Å². The molecule has 27 heavy (non-hydrogen) atoms. The van der Waals surface area contributed by atoms with E-state index in [1.54, 1.807) is 12.3 Å². The Bertz CT molecular complexity index is 922. The van der Waals surface area contributed by atoms with Gasteiger partial charge in [-0.1, -0.05) is 6.07 Å². The first-order chi connectivity index (χ1) is 13.1. The first-order valence-electron chi connectivity index (χ1n) is 8.85. The largest absolute Gasteiger partial charge is 0.490 e. The van der Waals surface area contributed by atoms with Crippen molar-refractivity contribution < 1.29 is 17.9 Å². The second-order valence-electron chi connectivity index (χ2n) is 6.55. The van der Waals surface area contributed by atoms with Crippen molar-refractivity contribution in [3.05, 3.63) is 48.8 Å². The summed E-state index contributed by atoms with van der Waals surface area (Å²) in [5.41, 5.74) is 0.730. The molecule has 0 atom stereocenters. The summed E-state index contributed by atoms with van der Waals surface area (Å²) < 4.78 is 46.9. The molecule has 142 valence electrons. The number of fused-ring (bicyclic) bond motifs is 1. The lowest BCUT2D eigenvalue weighted by atomic mass is 10.1. The molecule has 1 saturated heterocycles. The first kappa shape index (κ1) is 17.6. The van der Waals surface area contributed by atoms with Crippen LogP contribution in [0.15, 0.2) is 43.0 Å². The van der Waals surface area contributed by atoms with Crippen LogP contribution in [-0.2, 0) is 6.54 Å². The van der Waals surface area contributed by atoms with Gasteiger partial charge in [0.05, 0.1) is 18.3 Å². The number of hydrogen-bond donors (Lipinski definition) is 0. The Labute approximate surface area is 154 Å². The van der Waals surface area contributed by atoms with Crippen LogP contribution in [0.4, 0.5) is 19.0 Å². The highest BCUT2D eigenvalue weighted by Gasteiger charge is 2.24. The third kappa shape index (κ3) is 3.70. The number of ether oxygens (including phenoxy) is 1. The highest BCUT2D eigenvalue weighted by Crippen LogP contribution is 2.30. The zero-order chi connectivity index (χ0) is 18.8. The minimum Gasteiger partial charge on any atom is -0.490 e. The van der Waals surface area contributed by atoms with Gasteiger partial charge in [-0.05, 0) is 18.2 Å². The van der Waals surface area contributed by atoms with Gasteiger partial charge >= 0.3 is 0 Å². The maximum Gasteiger partial charge on any atom is 0.256 e. The summed E-state index contributed by atoms with van der Waals surface area (Å²) in [5, 5.41) is 0.822. The topological polar surface area (TPSA) is 43.2 Å². The maximum absolute atomic E-state index is 13.8. The molecule has 1 aliphatic rings. The van der Waals surface area contributed by atoms with Gasteiger partial charge in [-0.3, -0.25) is 0 Å². The zero-order valence-electron chi connectivity index (χ0n) is 14.6. The minimum absolute atomic E-state index is 0.0183. The van der Waals surface area contributed by atoms with E-state index in [4.69, 9.17) is 4.74 Å². The molecule has 0 unspecified atom stereocenters. The van der Waals surface area contributed by atoms with Gasteiger partial charge in [0.15, 0.2) is 11.6 Å². The molecule has 0 N–H and O–H groups in total. The Hall–Kier alpha value is -2.77. The summed E-state index contributed by atoms with van der Waals surface area (Å²) in [7, 11) is 0. The van der Waals surface area contributed by atoms with E-state index in [0.29, 0.717) is 24.7 Å². The lowest BCUT2D eigenvalue weighted by molar-refractivity contribution is 0.128. The van der Waals surface area contributed by atoms with Crippen LogP contribution in [0.25, 0.3) is 10.9 Å². The summed E-state index contributed by atoms with van der Waals surface area (Å²) in [5.74, 6) is 0.573. The molecule has 0 saturated carbocycles. The first-order valence-corrected chi connectivity index (χ1v) is 8.85. The predicted molar refractivity (Wildman–Crippen MR) is 95.8 cm³/mol. The SMILES string of the molecule is Fc1cncnc1N1CCC(Oc2cccc3c2ccn3CC(F)F)CC1. The van der Waals surface area contributed by atoms with Crippen molar-refractivity contribution in [2.24, 2.45) is 0 Å². The molecule has 1 fully saturated rings. The third-order valence-corrected chi connectivity index (χ3v) is 4.79. The van der Waals surface area contributed by atoms with Gasteiger partial charge < -0.3 is 14.2 Å². The minimum atomic E-state index is -2.41. The van der Waals surface area contributed by atoms with Crippen LogP contribution in [0.3, 0.4) is 0 Å². The average molecular weight is 376 g/mol. The number of benzene rings is 1. The zero-order valence-corrected chi connectivity index (χ0v) is 14.6. The highest BCUT2D eigenvalue weighted by molar-refractivity contribution is 5.86. The van der Waals surface area contributed by atoms with Crippen LogP contribution < -0.4 is 9.64 Å². The summed E-state index contributed by atoms with van der Waals surface area (Å²) >= 11 is 0. The molecule has 0 amide bonds. The van der Waals surface area contributed by atoms with E-state index in [0.717, 1.165) is 29.9 Å². The Kier molecular flexibility index (Phi) is 4.87. The van der Waals surface area contributed by atoms with Gasteiger partial charge in [-0.2, -0.15) is 0 Å². The third-order valence-electron chi connectivity index (χ3n) is 4.79. The fourth-order valence-corrected chi connectivity index (χ4v) is 3.51. The molecule has 0 radical (unpaired) electrons. The molecule has 4 rings (SSSR count). The van der Waals surface area contributed by atoms with Crippen molar-refractivity contribution in [1.29, 1.82) is 0 Å². The number of alkyl halides is 2. The van der Waals surface area contributed by atoms with Gasteiger partial charge in [0.25, 0.3) is 6.43 Å². The van der Waals surface area contributed by atoms with Crippen LogP contribution in [-0.4, -0.2) is 40.2 Å². The number of nitrogens with zero attached hydrogens (tertiary/aromatic N) is 4. The van der Waals surface area contributed by atoms with Crippen molar-refractivity contribution in [2.75, 3.05) is 18.0 Å². The molecule has 2 aromatic heterocycles. The number of anilines is 1. The van der Waals surface area contributed by atoms with Gasteiger partial charge in [-0.15, -0.1) is 0 Å². The van der Waals surface area contributed by atoms with Crippen molar-refractivity contribution >= 4 is 16.7 Å². The van der Waals surface area contributed by atoms with Gasteiger partial charge in [0.2, 0.25) is 0 Å². The molecule has 5 nitrogen and oxygen atoms in total. The lowest BCUT2D eigenvalue weighted by Gasteiger charge is -2.33. The van der Waals surface area contributed by atoms with Crippen LogP contribution in [0.5, 0.6) is 5.75 Å². The molecule has 8 heteroatoms. The number of rotatable bonds is 5. The Balaban J connectivity index is 1.45. The Morgan fingerprint density at radius 2 is 2.00 bits per heavy atom. The molecule has 1 aromatic carbocycles. The molecular formula is C19H19F3N4O. The van der Waals surface area contributed by atoms with Crippen LogP contribution in [0.1, 0.15) is 12.8 Å². The smallest absolute Gasteiger partial charge is 0.256 e. The van der Waals surface area contributed by atoms with E-state index in [1.807, 2.05) is 23.1 Å². The van der Waals surface area contributed by atoms with Gasteiger partial charge in [0.1, 0.15) is 18.2 Å². The van der Waals surface area contributed by atoms with Crippen molar-refractivity contribution in [2.45, 2.75) is 31.9 Å². The van der Waals surface area contributed by atoms with Crippen molar-refractivity contribution in [1.82, 2.24) is 14.5 Å². The molecule has 0 bridgehead atoms. The lowest BCUT2D eigenvalue weighted by Crippen LogP contribution is -2.39. The summed E-state index contributed by atoms with van der Waals surface area (Å²) in [6.07, 6.45) is 3.17. The monoisotopic (exact) mass is 376 g/mol. The maximum atomic E-state index is 13.8. The fraction of sp³-hybridized carbons (Fsp3) is 0.368. The van der Waals surface area contributed by atoms with E-state index in [9.17, 15) is 13.2 Å². The molecule has 0 aliphatic carbocycles. The van der Waals surface area contributed by atoms with E-state index < -0.39 is 12.2 Å². The molecule has 0 spiro atoms. The fourth-order valence-electron chi connectivity index (χ4n) is 3.51. The molecular weight excluding hydrogens is 357 g/mol. The van der Waals surface area contributed by atoms with E-state index in [2.05, 4.69) is 9.97 Å². The van der Waals surface area contributed by atoms with Crippen molar-refractivity contribution in [3.8, 4) is 5.75 Å². The number of piperidine rings is 1. The van der Waals surface area contributed by atoms with Crippen LogP contribution >= 0.6 is 0 Å². The normalized spacial score (nSPS) is 15.6. The van der Waals surface area contributed by atoms with E-state index in [-0.39, 0.29) is 12.6 Å². The standard InChI is InChI=1S/C19H19F3N4O/c20-15-10-23-12-24-19(15)25-7-4-13(5-8-25)27-17-3-1-2-16-14(17)6-9-26(16)11-18(21)22/h1-3,6,9-10,12-13,18H,4-5,7-8,11H2. The second-order valence-corrected chi connectivity index (χ2v) is 6.55. The summed E-state index contributed by atoms with van der Waals surface area (Å²) in [4.78, 5) is 9.57. The summed E-state index contributed by atoms with van der Waals surface area (Å²) in [6.45, 7) is 0.914. The Morgan fingerprint density at radius 1 is 1.19 bits per heavy atom. The molecule has 3 heterocycles. The highest BCUT2D eigenvalue weighted by atomic mass is 19.3. The quantitative estimate of drug-likeness (QED) is 0.678. The van der Waals surface area contributed by atoms with Gasteiger partial charge in [0, 0.05) is 37.5 Å². The van der Waals surface area contributed by atoms with E-state index in [1.165, 1.54) is 10.9 Å². The number of halogens is 3. The van der Waals surface area contributed by atoms with Crippen LogP contribution in [0.2, 0.25) is 0 Å². The van der Waals surface area contributed by atoms with Gasteiger partial charge in [-0.25, -0.2) is 23.1 Å². The molecule has 1 aliphatic heterocycles. The second kappa shape index (κ2) is 7.46. The predicted octanol–water partition coefficient (Wildman–Crippen LogP) is 3.88. The Morgan fingerprint density at radius 3 is 2.74 bits per heavy atom. The van der Waals surface area contributed by atoms with Crippen molar-refractivity contribution in [3.63, 3.8) is 0 Å². The average Bonchev–Trinajstić information content (AvgIpc) is 3.06. The molecule has 3 aromatic rings.